The number of aromatic nitrogens is 3. The number of aryl methyl sites for hydroxylation is 2. The van der Waals surface area contributed by atoms with E-state index in [0.717, 1.165) is 43.9 Å². The summed E-state index contributed by atoms with van der Waals surface area (Å²) in [4.78, 5) is 18.3. The lowest BCUT2D eigenvalue weighted by Gasteiger charge is -2.23. The molecule has 1 saturated heterocycles. The Morgan fingerprint density at radius 2 is 2.28 bits per heavy atom. The fourth-order valence-corrected chi connectivity index (χ4v) is 3.50. The summed E-state index contributed by atoms with van der Waals surface area (Å²) in [7, 11) is 0. The van der Waals surface area contributed by atoms with E-state index in [2.05, 4.69) is 29.2 Å². The summed E-state index contributed by atoms with van der Waals surface area (Å²) in [5.41, 5.74) is 8.54. The number of pyridine rings is 1. The van der Waals surface area contributed by atoms with E-state index >= 15 is 0 Å². The molecule has 0 radical (unpaired) electrons. The molecule has 6 heteroatoms. The van der Waals surface area contributed by atoms with E-state index < -0.39 is 0 Å². The van der Waals surface area contributed by atoms with Gasteiger partial charge in [0.2, 0.25) is 5.91 Å². The summed E-state index contributed by atoms with van der Waals surface area (Å²) >= 11 is 0. The third-order valence-corrected chi connectivity index (χ3v) is 4.69. The number of amides is 1. The number of carbonyl (C=O) groups excluding carboxylic acids is 1. The third-order valence-electron chi connectivity index (χ3n) is 4.69. The van der Waals surface area contributed by atoms with Crippen LogP contribution in [0.25, 0.3) is 0 Å². The van der Waals surface area contributed by atoms with Crippen molar-refractivity contribution in [3.63, 3.8) is 0 Å². The highest BCUT2D eigenvalue weighted by Crippen LogP contribution is 2.32. The number of likely N-dealkylation sites (tertiary alicyclic amines) is 1. The Bertz CT molecular complexity index is 711. The zero-order valence-corrected chi connectivity index (χ0v) is 14.9. The van der Waals surface area contributed by atoms with E-state index in [1.54, 1.807) is 0 Å². The molecule has 1 aliphatic rings. The van der Waals surface area contributed by atoms with Gasteiger partial charge in [0.1, 0.15) is 0 Å². The van der Waals surface area contributed by atoms with Gasteiger partial charge >= 0.3 is 0 Å². The number of rotatable bonds is 8. The van der Waals surface area contributed by atoms with Crippen molar-refractivity contribution in [1.82, 2.24) is 19.7 Å². The molecular weight excluding hydrogens is 314 g/mol. The highest BCUT2D eigenvalue weighted by atomic mass is 16.1. The van der Waals surface area contributed by atoms with Crippen LogP contribution in [-0.4, -0.2) is 32.1 Å². The number of hydrogen-bond acceptors (Lipinski definition) is 4. The van der Waals surface area contributed by atoms with Gasteiger partial charge in [-0.05, 0) is 44.4 Å². The van der Waals surface area contributed by atoms with Crippen molar-refractivity contribution in [2.45, 2.75) is 58.2 Å². The lowest BCUT2D eigenvalue weighted by molar-refractivity contribution is -0.118. The Balaban J connectivity index is 1.68. The second-order valence-corrected chi connectivity index (χ2v) is 6.76. The molecule has 2 aromatic rings. The molecule has 134 valence electrons. The van der Waals surface area contributed by atoms with E-state index in [-0.39, 0.29) is 5.91 Å². The van der Waals surface area contributed by atoms with Crippen molar-refractivity contribution in [1.29, 1.82) is 0 Å². The molecule has 2 N–H and O–H groups in total. The van der Waals surface area contributed by atoms with Crippen molar-refractivity contribution >= 4 is 5.91 Å². The SMILES string of the molecule is CCCn1cc(CN2CCC[C@@H]2c2cccc(CCC(N)=O)n2)cn1. The summed E-state index contributed by atoms with van der Waals surface area (Å²) in [5.74, 6) is -0.279. The van der Waals surface area contributed by atoms with Crippen LogP contribution >= 0.6 is 0 Å². The van der Waals surface area contributed by atoms with E-state index in [1.807, 2.05) is 23.0 Å². The quantitative estimate of drug-likeness (QED) is 0.800. The predicted octanol–water partition coefficient (Wildman–Crippen LogP) is 2.44. The summed E-state index contributed by atoms with van der Waals surface area (Å²) in [5, 5.41) is 4.43. The fraction of sp³-hybridized carbons (Fsp3) is 0.526. The minimum atomic E-state index is -0.279. The minimum Gasteiger partial charge on any atom is -0.370 e. The van der Waals surface area contributed by atoms with E-state index in [4.69, 9.17) is 10.7 Å². The van der Waals surface area contributed by atoms with Crippen molar-refractivity contribution in [3.05, 3.63) is 47.5 Å². The lowest BCUT2D eigenvalue weighted by atomic mass is 10.1. The molecule has 6 nitrogen and oxygen atoms in total. The van der Waals surface area contributed by atoms with Crippen LogP contribution in [0.5, 0.6) is 0 Å². The van der Waals surface area contributed by atoms with Gasteiger partial charge in [0.15, 0.2) is 0 Å². The van der Waals surface area contributed by atoms with Crippen LogP contribution in [-0.2, 0) is 24.3 Å². The summed E-state index contributed by atoms with van der Waals surface area (Å²) in [6, 6.07) is 6.44. The molecule has 1 fully saturated rings. The number of nitrogens with zero attached hydrogens (tertiary/aromatic N) is 4. The molecule has 3 heterocycles. The maximum atomic E-state index is 11.0. The van der Waals surface area contributed by atoms with Gasteiger partial charge in [-0.15, -0.1) is 0 Å². The van der Waals surface area contributed by atoms with Crippen LogP contribution in [0.15, 0.2) is 30.6 Å². The molecule has 1 aliphatic heterocycles. The van der Waals surface area contributed by atoms with Crippen molar-refractivity contribution in [2.24, 2.45) is 5.73 Å². The predicted molar refractivity (Wildman–Crippen MR) is 96.7 cm³/mol. The second-order valence-electron chi connectivity index (χ2n) is 6.76. The molecule has 25 heavy (non-hydrogen) atoms. The summed E-state index contributed by atoms with van der Waals surface area (Å²) < 4.78 is 2.02. The Kier molecular flexibility index (Phi) is 5.81. The first-order chi connectivity index (χ1) is 12.2. The highest BCUT2D eigenvalue weighted by Gasteiger charge is 2.27. The van der Waals surface area contributed by atoms with Gasteiger partial charge in [-0.2, -0.15) is 5.10 Å². The molecule has 0 spiro atoms. The van der Waals surface area contributed by atoms with E-state index in [0.29, 0.717) is 18.9 Å². The first-order valence-electron chi connectivity index (χ1n) is 9.15. The van der Waals surface area contributed by atoms with Crippen LogP contribution in [0, 0.1) is 0 Å². The number of hydrogen-bond donors (Lipinski definition) is 1. The number of nitrogens with two attached hydrogens (primary N) is 1. The van der Waals surface area contributed by atoms with Gasteiger partial charge in [-0.25, -0.2) is 0 Å². The molecule has 0 aromatic carbocycles. The topological polar surface area (TPSA) is 77.0 Å². The summed E-state index contributed by atoms with van der Waals surface area (Å²) in [6.45, 7) is 5.11. The Labute approximate surface area is 149 Å². The maximum absolute atomic E-state index is 11.0. The van der Waals surface area contributed by atoms with Gasteiger partial charge < -0.3 is 5.73 Å². The normalized spacial score (nSPS) is 17.9. The minimum absolute atomic E-state index is 0.279. The Morgan fingerprint density at radius 3 is 3.08 bits per heavy atom. The molecule has 1 atom stereocenters. The maximum Gasteiger partial charge on any atom is 0.217 e. The second kappa shape index (κ2) is 8.25. The van der Waals surface area contributed by atoms with Crippen LogP contribution in [0.4, 0.5) is 0 Å². The average Bonchev–Trinajstić information content (AvgIpc) is 3.24. The Morgan fingerprint density at radius 1 is 1.40 bits per heavy atom. The molecule has 3 rings (SSSR count). The summed E-state index contributed by atoms with van der Waals surface area (Å²) in [6.07, 6.45) is 8.48. The van der Waals surface area contributed by atoms with Crippen LogP contribution in [0.3, 0.4) is 0 Å². The van der Waals surface area contributed by atoms with E-state index in [9.17, 15) is 4.79 Å². The van der Waals surface area contributed by atoms with Crippen molar-refractivity contribution in [2.75, 3.05) is 6.54 Å². The molecule has 0 aliphatic carbocycles. The van der Waals surface area contributed by atoms with Gasteiger partial charge in [0, 0.05) is 37.0 Å². The molecular formula is C19H27N5O. The lowest BCUT2D eigenvalue weighted by Crippen LogP contribution is -2.23. The van der Waals surface area contributed by atoms with Crippen LogP contribution in [0.1, 0.15) is 55.6 Å². The van der Waals surface area contributed by atoms with Crippen LogP contribution in [0.2, 0.25) is 0 Å². The van der Waals surface area contributed by atoms with E-state index in [1.165, 1.54) is 12.0 Å². The molecule has 1 amide bonds. The molecule has 0 saturated carbocycles. The molecule has 2 aromatic heterocycles. The Hall–Kier alpha value is -2.21. The van der Waals surface area contributed by atoms with Crippen LogP contribution < -0.4 is 5.73 Å². The number of carbonyl (C=O) groups is 1. The van der Waals surface area contributed by atoms with Gasteiger partial charge in [-0.3, -0.25) is 19.4 Å². The van der Waals surface area contributed by atoms with Gasteiger partial charge in [0.25, 0.3) is 0 Å². The monoisotopic (exact) mass is 341 g/mol. The smallest absolute Gasteiger partial charge is 0.217 e. The largest absolute Gasteiger partial charge is 0.370 e. The zero-order valence-electron chi connectivity index (χ0n) is 14.9. The standard InChI is InChI=1S/C19H27N5O/c1-2-10-24-14-15(12-21-24)13-23-11-4-7-18(23)17-6-3-5-16(22-17)8-9-19(20)25/h3,5-6,12,14,18H,2,4,7-11,13H2,1H3,(H2,20,25)/t18-/m1/s1. The average molecular weight is 341 g/mol. The molecule has 0 bridgehead atoms. The number of primary amides is 1. The third kappa shape index (κ3) is 4.66. The first-order valence-corrected chi connectivity index (χ1v) is 9.15. The van der Waals surface area contributed by atoms with Gasteiger partial charge in [-0.1, -0.05) is 13.0 Å². The zero-order chi connectivity index (χ0) is 17.6. The van der Waals surface area contributed by atoms with Crippen molar-refractivity contribution < 1.29 is 4.79 Å². The fourth-order valence-electron chi connectivity index (χ4n) is 3.50. The highest BCUT2D eigenvalue weighted by molar-refractivity contribution is 5.73. The molecule has 0 unspecified atom stereocenters. The van der Waals surface area contributed by atoms with Gasteiger partial charge in [0.05, 0.1) is 17.9 Å². The first kappa shape index (κ1) is 17.6. The van der Waals surface area contributed by atoms with Crippen molar-refractivity contribution in [3.8, 4) is 0 Å².